The third-order valence-corrected chi connectivity index (χ3v) is 3.50. The van der Waals surface area contributed by atoms with Crippen LogP contribution in [0.25, 0.3) is 0 Å². The Bertz CT molecular complexity index is 667. The van der Waals surface area contributed by atoms with Crippen LogP contribution in [0.5, 0.6) is 11.5 Å². The SMILES string of the molecule is COc1ccc(N2Cc3ccccc3C2=O)cc1OC. The maximum atomic E-state index is 12.4. The molecule has 0 fully saturated rings. The molecular weight excluding hydrogens is 254 g/mol. The van der Waals surface area contributed by atoms with E-state index in [0.29, 0.717) is 18.0 Å². The number of carbonyl (C=O) groups excluding carboxylic acids is 1. The number of carbonyl (C=O) groups is 1. The summed E-state index contributed by atoms with van der Waals surface area (Å²) < 4.78 is 10.5. The Morgan fingerprint density at radius 1 is 1.00 bits per heavy atom. The van der Waals surface area contributed by atoms with Gasteiger partial charge in [-0.15, -0.1) is 0 Å². The van der Waals surface area contributed by atoms with Gasteiger partial charge in [0.25, 0.3) is 5.91 Å². The van der Waals surface area contributed by atoms with Crippen molar-refractivity contribution in [3.8, 4) is 11.5 Å². The molecule has 1 aliphatic rings. The Morgan fingerprint density at radius 3 is 2.45 bits per heavy atom. The molecule has 0 aromatic heterocycles. The third kappa shape index (κ3) is 1.90. The second kappa shape index (κ2) is 4.89. The highest BCUT2D eigenvalue weighted by molar-refractivity contribution is 6.10. The number of anilines is 1. The molecular formula is C16H15NO3. The molecule has 0 saturated carbocycles. The number of benzene rings is 2. The first-order chi connectivity index (χ1) is 9.74. The lowest BCUT2D eigenvalue weighted by Gasteiger charge is -2.17. The molecule has 0 atom stereocenters. The molecule has 0 unspecified atom stereocenters. The highest BCUT2D eigenvalue weighted by Crippen LogP contribution is 2.35. The number of hydrogen-bond donors (Lipinski definition) is 0. The molecule has 0 saturated heterocycles. The summed E-state index contributed by atoms with van der Waals surface area (Å²) in [6, 6.07) is 13.2. The molecule has 0 aliphatic carbocycles. The Labute approximate surface area is 117 Å². The molecule has 4 nitrogen and oxygen atoms in total. The molecule has 1 amide bonds. The van der Waals surface area contributed by atoms with Gasteiger partial charge in [0.15, 0.2) is 11.5 Å². The Morgan fingerprint density at radius 2 is 1.75 bits per heavy atom. The van der Waals surface area contributed by atoms with Crippen LogP contribution >= 0.6 is 0 Å². The molecule has 2 aromatic carbocycles. The van der Waals surface area contributed by atoms with Crippen LogP contribution in [0.1, 0.15) is 15.9 Å². The molecule has 4 heteroatoms. The maximum Gasteiger partial charge on any atom is 0.258 e. The monoisotopic (exact) mass is 269 g/mol. The summed E-state index contributed by atoms with van der Waals surface area (Å²) in [5.74, 6) is 1.29. The lowest BCUT2D eigenvalue weighted by molar-refractivity contribution is 0.0996. The summed E-state index contributed by atoms with van der Waals surface area (Å²) in [6.07, 6.45) is 0. The van der Waals surface area contributed by atoms with Crippen LogP contribution in [0, 0.1) is 0 Å². The molecule has 0 spiro atoms. The van der Waals surface area contributed by atoms with Crippen LogP contribution in [0.4, 0.5) is 5.69 Å². The minimum absolute atomic E-state index is 0.0211. The van der Waals surface area contributed by atoms with E-state index in [0.717, 1.165) is 16.8 Å². The Balaban J connectivity index is 1.98. The Kier molecular flexibility index (Phi) is 3.06. The third-order valence-electron chi connectivity index (χ3n) is 3.50. The average molecular weight is 269 g/mol. The smallest absolute Gasteiger partial charge is 0.258 e. The van der Waals surface area contributed by atoms with E-state index in [1.165, 1.54) is 0 Å². The first-order valence-corrected chi connectivity index (χ1v) is 6.36. The number of rotatable bonds is 3. The highest BCUT2D eigenvalue weighted by Gasteiger charge is 2.28. The van der Waals surface area contributed by atoms with Crippen LogP contribution in [-0.4, -0.2) is 20.1 Å². The van der Waals surface area contributed by atoms with Crippen LogP contribution < -0.4 is 14.4 Å². The van der Waals surface area contributed by atoms with Gasteiger partial charge in [-0.25, -0.2) is 0 Å². The van der Waals surface area contributed by atoms with E-state index in [-0.39, 0.29) is 5.91 Å². The molecule has 0 radical (unpaired) electrons. The highest BCUT2D eigenvalue weighted by atomic mass is 16.5. The van der Waals surface area contributed by atoms with Crippen molar-refractivity contribution in [3.05, 3.63) is 53.6 Å². The largest absolute Gasteiger partial charge is 0.493 e. The molecule has 102 valence electrons. The molecule has 20 heavy (non-hydrogen) atoms. The molecule has 1 aliphatic heterocycles. The van der Waals surface area contributed by atoms with Crippen molar-refractivity contribution in [3.63, 3.8) is 0 Å². The van der Waals surface area contributed by atoms with E-state index in [1.54, 1.807) is 19.1 Å². The van der Waals surface area contributed by atoms with Crippen molar-refractivity contribution in [1.82, 2.24) is 0 Å². The number of amides is 1. The molecule has 3 rings (SSSR count). The van der Waals surface area contributed by atoms with Gasteiger partial charge in [0.2, 0.25) is 0 Å². The van der Waals surface area contributed by atoms with Crippen LogP contribution in [0.15, 0.2) is 42.5 Å². The Hall–Kier alpha value is -2.49. The summed E-state index contributed by atoms with van der Waals surface area (Å²) in [4.78, 5) is 14.1. The van der Waals surface area contributed by atoms with Crippen LogP contribution in [0.2, 0.25) is 0 Å². The number of hydrogen-bond acceptors (Lipinski definition) is 3. The van der Waals surface area contributed by atoms with Gasteiger partial charge in [0.05, 0.1) is 20.8 Å². The zero-order chi connectivity index (χ0) is 14.1. The summed E-state index contributed by atoms with van der Waals surface area (Å²) >= 11 is 0. The fourth-order valence-electron chi connectivity index (χ4n) is 2.46. The minimum Gasteiger partial charge on any atom is -0.493 e. The van der Waals surface area contributed by atoms with Gasteiger partial charge in [0.1, 0.15) is 0 Å². The van der Waals surface area contributed by atoms with Gasteiger partial charge in [-0.3, -0.25) is 4.79 Å². The first kappa shape index (κ1) is 12.5. The van der Waals surface area contributed by atoms with Crippen molar-refractivity contribution in [1.29, 1.82) is 0 Å². The van der Waals surface area contributed by atoms with Crippen molar-refractivity contribution in [2.24, 2.45) is 0 Å². The molecule has 0 N–H and O–H groups in total. The lowest BCUT2D eigenvalue weighted by atomic mass is 10.1. The van der Waals surface area contributed by atoms with Crippen molar-refractivity contribution in [2.75, 3.05) is 19.1 Å². The lowest BCUT2D eigenvalue weighted by Crippen LogP contribution is -2.22. The number of methoxy groups -OCH3 is 2. The number of nitrogens with zero attached hydrogens (tertiary/aromatic N) is 1. The summed E-state index contributed by atoms with van der Waals surface area (Å²) in [5.41, 5.74) is 2.62. The quantitative estimate of drug-likeness (QED) is 0.860. The minimum atomic E-state index is 0.0211. The van der Waals surface area contributed by atoms with E-state index in [4.69, 9.17) is 9.47 Å². The average Bonchev–Trinajstić information content (AvgIpc) is 2.84. The van der Waals surface area contributed by atoms with E-state index in [9.17, 15) is 4.79 Å². The van der Waals surface area contributed by atoms with Gasteiger partial charge in [-0.2, -0.15) is 0 Å². The summed E-state index contributed by atoms with van der Waals surface area (Å²) in [5, 5.41) is 0. The zero-order valence-corrected chi connectivity index (χ0v) is 11.4. The second-order valence-electron chi connectivity index (χ2n) is 4.59. The zero-order valence-electron chi connectivity index (χ0n) is 11.4. The second-order valence-corrected chi connectivity index (χ2v) is 4.59. The fourth-order valence-corrected chi connectivity index (χ4v) is 2.46. The molecule has 2 aromatic rings. The maximum absolute atomic E-state index is 12.4. The number of ether oxygens (including phenoxy) is 2. The normalized spacial score (nSPS) is 13.3. The predicted molar refractivity (Wildman–Crippen MR) is 76.5 cm³/mol. The van der Waals surface area contributed by atoms with Gasteiger partial charge >= 0.3 is 0 Å². The molecule has 0 bridgehead atoms. The predicted octanol–water partition coefficient (Wildman–Crippen LogP) is 2.86. The topological polar surface area (TPSA) is 38.8 Å². The van der Waals surface area contributed by atoms with Crippen LogP contribution in [-0.2, 0) is 6.54 Å². The fraction of sp³-hybridized carbons (Fsp3) is 0.188. The van der Waals surface area contributed by atoms with E-state index >= 15 is 0 Å². The van der Waals surface area contributed by atoms with Crippen molar-refractivity contribution in [2.45, 2.75) is 6.54 Å². The van der Waals surface area contributed by atoms with Gasteiger partial charge < -0.3 is 14.4 Å². The first-order valence-electron chi connectivity index (χ1n) is 6.36. The van der Waals surface area contributed by atoms with Gasteiger partial charge in [-0.05, 0) is 23.8 Å². The van der Waals surface area contributed by atoms with Crippen molar-refractivity contribution >= 4 is 11.6 Å². The summed E-state index contributed by atoms with van der Waals surface area (Å²) in [6.45, 7) is 0.588. The van der Waals surface area contributed by atoms with Gasteiger partial charge in [0, 0.05) is 17.3 Å². The standard InChI is InChI=1S/C16H15NO3/c1-19-14-8-7-12(9-15(14)20-2)17-10-11-5-3-4-6-13(11)16(17)18/h3-9H,10H2,1-2H3. The van der Waals surface area contributed by atoms with E-state index < -0.39 is 0 Å². The van der Waals surface area contributed by atoms with E-state index in [2.05, 4.69) is 0 Å². The summed E-state index contributed by atoms with van der Waals surface area (Å²) in [7, 11) is 3.18. The molecule has 1 heterocycles. The number of fused-ring (bicyclic) bond motifs is 1. The van der Waals surface area contributed by atoms with Crippen LogP contribution in [0.3, 0.4) is 0 Å². The van der Waals surface area contributed by atoms with Gasteiger partial charge in [-0.1, -0.05) is 18.2 Å². The van der Waals surface area contributed by atoms with E-state index in [1.807, 2.05) is 42.5 Å². The van der Waals surface area contributed by atoms with Crippen molar-refractivity contribution < 1.29 is 14.3 Å².